The van der Waals surface area contributed by atoms with Crippen molar-refractivity contribution in [3.8, 4) is 11.5 Å². The Hall–Kier alpha value is -2.92. The van der Waals surface area contributed by atoms with Gasteiger partial charge in [-0.2, -0.15) is 0 Å². The molecule has 0 radical (unpaired) electrons. The molecule has 120 valence electrons. The maximum absolute atomic E-state index is 13.0. The largest absolute Gasteiger partial charge is 0.507 e. The summed E-state index contributed by atoms with van der Waals surface area (Å²) in [5.74, 6) is -1.43. The molecular weight excluding hydrogens is 308 g/mol. The van der Waals surface area contributed by atoms with Gasteiger partial charge in [0.25, 0.3) is 0 Å². The normalized spacial score (nSPS) is 19.0. The molecule has 0 fully saturated rings. The van der Waals surface area contributed by atoms with Gasteiger partial charge in [0.2, 0.25) is 0 Å². The first-order valence-corrected chi connectivity index (χ1v) is 7.56. The molecule has 0 aromatic heterocycles. The van der Waals surface area contributed by atoms with E-state index in [9.17, 15) is 24.9 Å². The van der Waals surface area contributed by atoms with Crippen LogP contribution in [-0.4, -0.2) is 33.0 Å². The molecule has 2 aromatic carbocycles. The first kappa shape index (κ1) is 14.7. The highest BCUT2D eigenvalue weighted by Gasteiger charge is 2.42. The molecule has 0 saturated carbocycles. The summed E-state index contributed by atoms with van der Waals surface area (Å²) in [6.07, 6.45) is -1.02. The van der Waals surface area contributed by atoms with Gasteiger partial charge in [-0.3, -0.25) is 9.59 Å². The fourth-order valence-corrected chi connectivity index (χ4v) is 3.64. The molecule has 4 rings (SSSR count). The van der Waals surface area contributed by atoms with Gasteiger partial charge < -0.3 is 15.3 Å². The van der Waals surface area contributed by atoms with E-state index < -0.39 is 17.7 Å². The van der Waals surface area contributed by atoms with Crippen molar-refractivity contribution < 1.29 is 24.9 Å². The van der Waals surface area contributed by atoms with E-state index >= 15 is 0 Å². The van der Waals surface area contributed by atoms with Crippen molar-refractivity contribution in [3.05, 3.63) is 63.7 Å². The average molecular weight is 322 g/mol. The Morgan fingerprint density at radius 2 is 1.75 bits per heavy atom. The van der Waals surface area contributed by atoms with Gasteiger partial charge in [0.15, 0.2) is 11.6 Å². The second-order valence-electron chi connectivity index (χ2n) is 6.18. The molecule has 2 aliphatic rings. The quantitative estimate of drug-likeness (QED) is 0.691. The van der Waals surface area contributed by atoms with Crippen LogP contribution in [0.4, 0.5) is 0 Å². The van der Waals surface area contributed by atoms with Crippen LogP contribution in [0, 0.1) is 6.92 Å². The maximum Gasteiger partial charge on any atom is 0.196 e. The lowest BCUT2D eigenvalue weighted by Crippen LogP contribution is -2.33. The van der Waals surface area contributed by atoms with Gasteiger partial charge in [0.05, 0.1) is 11.7 Å². The zero-order valence-electron chi connectivity index (χ0n) is 12.8. The van der Waals surface area contributed by atoms with Crippen LogP contribution in [0.15, 0.2) is 35.9 Å². The predicted octanol–water partition coefficient (Wildman–Crippen LogP) is 2.16. The van der Waals surface area contributed by atoms with Gasteiger partial charge in [0, 0.05) is 28.7 Å². The number of ketones is 2. The Bertz CT molecular complexity index is 968. The van der Waals surface area contributed by atoms with Crippen molar-refractivity contribution in [2.75, 3.05) is 0 Å². The van der Waals surface area contributed by atoms with Crippen molar-refractivity contribution in [1.29, 1.82) is 0 Å². The molecule has 0 amide bonds. The van der Waals surface area contributed by atoms with E-state index in [0.29, 0.717) is 11.1 Å². The van der Waals surface area contributed by atoms with Crippen molar-refractivity contribution in [2.45, 2.75) is 19.4 Å². The Morgan fingerprint density at radius 3 is 2.50 bits per heavy atom. The van der Waals surface area contributed by atoms with E-state index in [-0.39, 0.29) is 40.2 Å². The third kappa shape index (κ3) is 1.79. The number of hydrogen-bond donors (Lipinski definition) is 3. The Labute approximate surface area is 137 Å². The summed E-state index contributed by atoms with van der Waals surface area (Å²) >= 11 is 0. The van der Waals surface area contributed by atoms with Crippen LogP contribution < -0.4 is 0 Å². The molecule has 5 heteroatoms. The van der Waals surface area contributed by atoms with E-state index in [2.05, 4.69) is 0 Å². The smallest absolute Gasteiger partial charge is 0.196 e. The Morgan fingerprint density at radius 1 is 1.00 bits per heavy atom. The molecule has 0 saturated heterocycles. The molecule has 5 nitrogen and oxygen atoms in total. The number of rotatable bonds is 0. The average Bonchev–Trinajstić information content (AvgIpc) is 2.50. The highest BCUT2D eigenvalue weighted by atomic mass is 16.3. The number of fused-ring (bicyclic) bond motifs is 3. The lowest BCUT2D eigenvalue weighted by molar-refractivity contribution is 0.0948. The molecule has 3 N–H and O–H groups in total. The maximum atomic E-state index is 13.0. The van der Waals surface area contributed by atoms with Crippen LogP contribution >= 0.6 is 0 Å². The van der Waals surface area contributed by atoms with Crippen LogP contribution in [-0.2, 0) is 6.42 Å². The van der Waals surface area contributed by atoms with Gasteiger partial charge in [0.1, 0.15) is 11.5 Å². The minimum absolute atomic E-state index is 0.0318. The lowest BCUT2D eigenvalue weighted by atomic mass is 9.73. The monoisotopic (exact) mass is 322 g/mol. The number of allylic oxidation sites excluding steroid dienone is 1. The predicted molar refractivity (Wildman–Crippen MR) is 86.2 cm³/mol. The summed E-state index contributed by atoms with van der Waals surface area (Å²) < 4.78 is 0. The van der Waals surface area contributed by atoms with E-state index in [0.717, 1.165) is 5.56 Å². The number of phenolic OH excluding ortho intramolecular Hbond substituents is 2. The van der Waals surface area contributed by atoms with Crippen LogP contribution in [0.3, 0.4) is 0 Å². The third-order valence-electron chi connectivity index (χ3n) is 4.60. The molecule has 24 heavy (non-hydrogen) atoms. The molecule has 0 spiro atoms. The summed E-state index contributed by atoms with van der Waals surface area (Å²) in [7, 11) is 0. The second-order valence-corrected chi connectivity index (χ2v) is 6.18. The number of hydrogen-bond acceptors (Lipinski definition) is 5. The van der Waals surface area contributed by atoms with Crippen LogP contribution in [0.2, 0.25) is 0 Å². The summed E-state index contributed by atoms with van der Waals surface area (Å²) in [4.78, 5) is 25.8. The number of carbonyl (C=O) groups excluding carboxylic acids is 2. The molecule has 1 atom stereocenters. The Balaban J connectivity index is 2.07. The van der Waals surface area contributed by atoms with Crippen molar-refractivity contribution in [1.82, 2.24) is 0 Å². The molecular formula is C19H14O5. The van der Waals surface area contributed by atoms with Crippen molar-refractivity contribution in [2.24, 2.45) is 0 Å². The zero-order chi connectivity index (χ0) is 17.2. The molecule has 0 aliphatic heterocycles. The molecule has 0 unspecified atom stereocenters. The number of carbonyl (C=O) groups is 2. The standard InChI is InChI=1S/C19H14O5/c1-8-5-9-7-13(22)16-17(14(9)12(21)6-8)18(23)10-3-2-4-11(20)15(10)19(16)24/h2-6,13,20-22H,7H2,1H3/t13-/m1/s1. The zero-order valence-corrected chi connectivity index (χ0v) is 12.8. The minimum atomic E-state index is -1.15. The lowest BCUT2D eigenvalue weighted by Gasteiger charge is -2.30. The fraction of sp³-hybridized carbons (Fsp3) is 0.158. The van der Waals surface area contributed by atoms with E-state index in [1.165, 1.54) is 24.3 Å². The number of aliphatic hydroxyl groups excluding tert-OH is 1. The SMILES string of the molecule is Cc1cc(O)c2c(c1)C[C@@H](O)C1=C2C(=O)c2cccc(O)c2C1=O. The van der Waals surface area contributed by atoms with E-state index in [1.807, 2.05) is 0 Å². The van der Waals surface area contributed by atoms with Crippen LogP contribution in [0.5, 0.6) is 11.5 Å². The topological polar surface area (TPSA) is 94.8 Å². The summed E-state index contributed by atoms with van der Waals surface area (Å²) in [5, 5.41) is 30.8. The molecule has 2 aromatic rings. The van der Waals surface area contributed by atoms with E-state index in [4.69, 9.17) is 0 Å². The van der Waals surface area contributed by atoms with Gasteiger partial charge in [-0.25, -0.2) is 0 Å². The number of phenols is 2. The Kier molecular flexibility index (Phi) is 2.92. The van der Waals surface area contributed by atoms with Gasteiger partial charge in [-0.05, 0) is 30.2 Å². The van der Waals surface area contributed by atoms with Crippen molar-refractivity contribution >= 4 is 17.1 Å². The molecule has 2 aliphatic carbocycles. The first-order chi connectivity index (χ1) is 11.4. The highest BCUT2D eigenvalue weighted by Crippen LogP contribution is 2.44. The minimum Gasteiger partial charge on any atom is -0.507 e. The van der Waals surface area contributed by atoms with Crippen molar-refractivity contribution in [3.63, 3.8) is 0 Å². The van der Waals surface area contributed by atoms with E-state index in [1.54, 1.807) is 13.0 Å². The summed E-state index contributed by atoms with van der Waals surface area (Å²) in [6, 6.07) is 7.60. The molecule has 0 bridgehead atoms. The molecule has 0 heterocycles. The fourth-order valence-electron chi connectivity index (χ4n) is 3.64. The van der Waals surface area contributed by atoms with Crippen LogP contribution in [0.1, 0.15) is 37.4 Å². The third-order valence-corrected chi connectivity index (χ3v) is 4.60. The summed E-state index contributed by atoms with van der Waals surface area (Å²) in [6.45, 7) is 1.80. The second kappa shape index (κ2) is 4.79. The van der Waals surface area contributed by atoms with Gasteiger partial charge >= 0.3 is 0 Å². The number of Topliss-reactive ketones (excluding diaryl/α,β-unsaturated/α-hetero) is 2. The van der Waals surface area contributed by atoms with Gasteiger partial charge in [-0.1, -0.05) is 18.2 Å². The number of aromatic hydroxyl groups is 2. The van der Waals surface area contributed by atoms with Gasteiger partial charge in [-0.15, -0.1) is 0 Å². The number of aliphatic hydroxyl groups is 1. The number of aryl methyl sites for hydroxylation is 1. The number of benzene rings is 2. The van der Waals surface area contributed by atoms with Crippen LogP contribution in [0.25, 0.3) is 5.57 Å². The first-order valence-electron chi connectivity index (χ1n) is 7.56. The highest BCUT2D eigenvalue weighted by molar-refractivity contribution is 6.42. The summed E-state index contributed by atoms with van der Waals surface area (Å²) in [5.41, 5.74) is 1.70.